The molecule has 0 spiro atoms. The summed E-state index contributed by atoms with van der Waals surface area (Å²) < 4.78 is 0. The minimum Gasteiger partial charge on any atom is -0.323 e. The minimum atomic E-state index is -0.469. The smallest absolute Gasteiger partial charge is 0.269 e. The summed E-state index contributed by atoms with van der Waals surface area (Å²) in [6, 6.07) is 22.3. The van der Waals surface area contributed by atoms with Crippen molar-refractivity contribution in [3.05, 3.63) is 101 Å². The molecule has 0 bridgehead atoms. The van der Waals surface area contributed by atoms with E-state index in [0.29, 0.717) is 16.9 Å². The van der Waals surface area contributed by atoms with Crippen LogP contribution < -0.4 is 5.32 Å². The zero-order chi connectivity index (χ0) is 19.8. The second-order valence-electron chi connectivity index (χ2n) is 5.75. The SMILES string of the molecule is O=C(/C=C/c1ccc([N+](=O)[O-])cc1)Nc1ccc(N=Nc2ccccc2)cc1. The molecule has 28 heavy (non-hydrogen) atoms. The summed E-state index contributed by atoms with van der Waals surface area (Å²) in [5.74, 6) is -0.308. The third-order valence-electron chi connectivity index (χ3n) is 3.70. The standard InChI is InChI=1S/C21H16N4O3/c26-21(15-8-16-6-13-20(14-7-16)25(27)28)22-17-9-11-19(12-10-17)24-23-18-4-2-1-3-5-18/h1-15H,(H,22,26)/b15-8+,24-23?. The lowest BCUT2D eigenvalue weighted by Gasteiger charge is -2.02. The highest BCUT2D eigenvalue weighted by Crippen LogP contribution is 2.20. The van der Waals surface area contributed by atoms with Gasteiger partial charge in [0.15, 0.2) is 0 Å². The van der Waals surface area contributed by atoms with Crippen LogP contribution in [0.15, 0.2) is 95.2 Å². The minimum absolute atomic E-state index is 0.00565. The molecular formula is C21H16N4O3. The average Bonchev–Trinajstić information content (AvgIpc) is 2.73. The molecule has 0 radical (unpaired) electrons. The van der Waals surface area contributed by atoms with Crippen molar-refractivity contribution in [1.82, 2.24) is 0 Å². The van der Waals surface area contributed by atoms with Gasteiger partial charge in [0.2, 0.25) is 5.91 Å². The predicted octanol–water partition coefficient (Wildman–Crippen LogP) is 5.66. The Morgan fingerprint density at radius 3 is 2.07 bits per heavy atom. The number of nitro benzene ring substituents is 1. The van der Waals surface area contributed by atoms with Gasteiger partial charge in [-0.15, -0.1) is 0 Å². The molecule has 0 aromatic heterocycles. The van der Waals surface area contributed by atoms with E-state index in [-0.39, 0.29) is 11.6 Å². The highest BCUT2D eigenvalue weighted by atomic mass is 16.6. The maximum atomic E-state index is 12.0. The third-order valence-corrected chi connectivity index (χ3v) is 3.70. The first kappa shape index (κ1) is 18.7. The number of anilines is 1. The van der Waals surface area contributed by atoms with Crippen molar-refractivity contribution in [2.45, 2.75) is 0 Å². The van der Waals surface area contributed by atoms with Gasteiger partial charge in [0.05, 0.1) is 16.3 Å². The van der Waals surface area contributed by atoms with Gasteiger partial charge in [-0.25, -0.2) is 0 Å². The first-order chi connectivity index (χ1) is 13.6. The number of hydrogen-bond acceptors (Lipinski definition) is 5. The molecule has 3 aromatic carbocycles. The van der Waals surface area contributed by atoms with Crippen LogP contribution in [0.3, 0.4) is 0 Å². The quantitative estimate of drug-likeness (QED) is 0.261. The highest BCUT2D eigenvalue weighted by Gasteiger charge is 2.03. The zero-order valence-electron chi connectivity index (χ0n) is 14.7. The molecule has 7 nitrogen and oxygen atoms in total. The summed E-state index contributed by atoms with van der Waals surface area (Å²) in [5.41, 5.74) is 2.75. The average molecular weight is 372 g/mol. The number of hydrogen-bond donors (Lipinski definition) is 1. The summed E-state index contributed by atoms with van der Waals surface area (Å²) in [7, 11) is 0. The maximum absolute atomic E-state index is 12.0. The van der Waals surface area contributed by atoms with Crippen molar-refractivity contribution in [2.24, 2.45) is 10.2 Å². The molecule has 1 N–H and O–H groups in total. The molecule has 0 aliphatic rings. The van der Waals surface area contributed by atoms with Gasteiger partial charge in [-0.05, 0) is 60.2 Å². The molecule has 0 fully saturated rings. The van der Waals surface area contributed by atoms with E-state index in [1.54, 1.807) is 42.5 Å². The molecule has 3 rings (SSSR count). The van der Waals surface area contributed by atoms with Crippen molar-refractivity contribution < 1.29 is 9.72 Å². The topological polar surface area (TPSA) is 97.0 Å². The number of azo groups is 1. The largest absolute Gasteiger partial charge is 0.323 e. The van der Waals surface area contributed by atoms with Crippen molar-refractivity contribution >= 4 is 34.7 Å². The zero-order valence-corrected chi connectivity index (χ0v) is 14.7. The molecule has 0 heterocycles. The Balaban J connectivity index is 1.56. The highest BCUT2D eigenvalue weighted by molar-refractivity contribution is 6.02. The Morgan fingerprint density at radius 2 is 1.46 bits per heavy atom. The molecule has 1 amide bonds. The fraction of sp³-hybridized carbons (Fsp3) is 0. The van der Waals surface area contributed by atoms with Gasteiger partial charge in [0, 0.05) is 23.9 Å². The Morgan fingerprint density at radius 1 is 0.857 bits per heavy atom. The molecule has 138 valence electrons. The summed E-state index contributed by atoms with van der Waals surface area (Å²) in [6.07, 6.45) is 2.95. The van der Waals surface area contributed by atoms with Gasteiger partial charge < -0.3 is 5.32 Å². The molecule has 0 atom stereocenters. The number of nitro groups is 1. The molecule has 0 saturated heterocycles. The molecule has 0 saturated carbocycles. The van der Waals surface area contributed by atoms with Crippen molar-refractivity contribution in [1.29, 1.82) is 0 Å². The van der Waals surface area contributed by atoms with Crippen LogP contribution in [0.1, 0.15) is 5.56 Å². The van der Waals surface area contributed by atoms with Crippen LogP contribution in [0.4, 0.5) is 22.7 Å². The van der Waals surface area contributed by atoms with Crippen molar-refractivity contribution in [2.75, 3.05) is 5.32 Å². The van der Waals surface area contributed by atoms with Gasteiger partial charge in [-0.3, -0.25) is 14.9 Å². The van der Waals surface area contributed by atoms with Crippen LogP contribution in [-0.4, -0.2) is 10.8 Å². The lowest BCUT2D eigenvalue weighted by atomic mass is 10.2. The van der Waals surface area contributed by atoms with E-state index >= 15 is 0 Å². The fourth-order valence-electron chi connectivity index (χ4n) is 2.28. The molecule has 7 heteroatoms. The van der Waals surface area contributed by atoms with E-state index in [4.69, 9.17) is 0 Å². The number of carbonyl (C=O) groups is 1. The van der Waals surface area contributed by atoms with Crippen LogP contribution in [0, 0.1) is 10.1 Å². The van der Waals surface area contributed by atoms with Crippen LogP contribution >= 0.6 is 0 Å². The summed E-state index contributed by atoms with van der Waals surface area (Å²) in [4.78, 5) is 22.2. The van der Waals surface area contributed by atoms with Crippen LogP contribution in [0.25, 0.3) is 6.08 Å². The Hall–Kier alpha value is -4.13. The first-order valence-electron chi connectivity index (χ1n) is 8.40. The fourth-order valence-corrected chi connectivity index (χ4v) is 2.28. The van der Waals surface area contributed by atoms with Gasteiger partial charge in [-0.1, -0.05) is 18.2 Å². The van der Waals surface area contributed by atoms with Gasteiger partial charge >= 0.3 is 0 Å². The van der Waals surface area contributed by atoms with E-state index in [9.17, 15) is 14.9 Å². The Labute approximate surface area is 161 Å². The number of amides is 1. The van der Waals surface area contributed by atoms with Crippen molar-refractivity contribution in [3.63, 3.8) is 0 Å². The molecule has 3 aromatic rings. The predicted molar refractivity (Wildman–Crippen MR) is 108 cm³/mol. The third kappa shape index (κ3) is 5.43. The lowest BCUT2D eigenvalue weighted by molar-refractivity contribution is -0.384. The van der Waals surface area contributed by atoms with Crippen LogP contribution in [-0.2, 0) is 4.79 Å². The number of non-ortho nitro benzene ring substituents is 1. The monoisotopic (exact) mass is 372 g/mol. The molecule has 0 unspecified atom stereocenters. The Kier molecular flexibility index (Phi) is 5.99. The van der Waals surface area contributed by atoms with Crippen molar-refractivity contribution in [3.8, 4) is 0 Å². The van der Waals surface area contributed by atoms with Crippen LogP contribution in [0.5, 0.6) is 0 Å². The second kappa shape index (κ2) is 9.00. The number of carbonyl (C=O) groups excluding carboxylic acids is 1. The molecular weight excluding hydrogens is 356 g/mol. The van der Waals surface area contributed by atoms with Gasteiger partial charge in [0.25, 0.3) is 5.69 Å². The number of rotatable bonds is 6. The summed E-state index contributed by atoms with van der Waals surface area (Å²) in [6.45, 7) is 0. The second-order valence-corrected chi connectivity index (χ2v) is 5.75. The number of nitrogens with zero attached hydrogens (tertiary/aromatic N) is 3. The normalized spacial score (nSPS) is 11.0. The number of benzene rings is 3. The van der Waals surface area contributed by atoms with E-state index in [1.165, 1.54) is 18.2 Å². The lowest BCUT2D eigenvalue weighted by Crippen LogP contribution is -2.07. The maximum Gasteiger partial charge on any atom is 0.269 e. The Bertz CT molecular complexity index is 1010. The molecule has 0 aliphatic heterocycles. The number of nitrogens with one attached hydrogen (secondary N) is 1. The summed E-state index contributed by atoms with van der Waals surface area (Å²) >= 11 is 0. The van der Waals surface area contributed by atoms with E-state index in [0.717, 1.165) is 5.69 Å². The van der Waals surface area contributed by atoms with Gasteiger partial charge in [0.1, 0.15) is 0 Å². The van der Waals surface area contributed by atoms with E-state index in [2.05, 4.69) is 15.5 Å². The van der Waals surface area contributed by atoms with E-state index < -0.39 is 4.92 Å². The van der Waals surface area contributed by atoms with Gasteiger partial charge in [-0.2, -0.15) is 10.2 Å². The first-order valence-corrected chi connectivity index (χ1v) is 8.40. The van der Waals surface area contributed by atoms with Crippen LogP contribution in [0.2, 0.25) is 0 Å². The summed E-state index contributed by atoms with van der Waals surface area (Å²) in [5, 5.41) is 21.6. The molecule has 0 aliphatic carbocycles. The van der Waals surface area contributed by atoms with E-state index in [1.807, 2.05) is 30.3 Å².